The molecule has 38 heavy (non-hydrogen) atoms. The van der Waals surface area contributed by atoms with Crippen LogP contribution in [-0.4, -0.2) is 82.6 Å². The van der Waals surface area contributed by atoms with Crippen LogP contribution in [0, 0.1) is 0 Å². The van der Waals surface area contributed by atoms with Crippen LogP contribution in [0.25, 0.3) is 0 Å². The zero-order valence-electron chi connectivity index (χ0n) is 20.6. The Balaban J connectivity index is 1.86. The number of nitrogens with one attached hydrogen (secondary N) is 2. The molecule has 0 aliphatic carbocycles. The van der Waals surface area contributed by atoms with Crippen LogP contribution in [0.3, 0.4) is 0 Å². The van der Waals surface area contributed by atoms with Crippen molar-refractivity contribution in [2.24, 2.45) is 0 Å². The summed E-state index contributed by atoms with van der Waals surface area (Å²) in [5.74, 6) is -1.24. The summed E-state index contributed by atoms with van der Waals surface area (Å²) in [6.07, 6.45) is -10.7. The van der Waals surface area contributed by atoms with E-state index < -0.39 is 74.2 Å². The number of amides is 1. The third-order valence-corrected chi connectivity index (χ3v) is 8.00. The number of ether oxygens (including phenoxy) is 2. The summed E-state index contributed by atoms with van der Waals surface area (Å²) in [6, 6.07) is 6.85. The molecule has 1 saturated heterocycles. The molecule has 7 atom stereocenters. The van der Waals surface area contributed by atoms with Crippen molar-refractivity contribution in [1.82, 2.24) is 15.3 Å². The van der Waals surface area contributed by atoms with Gasteiger partial charge in [-0.15, -0.1) is 0 Å². The van der Waals surface area contributed by atoms with Gasteiger partial charge in [0.05, 0.1) is 12.7 Å². The number of alkyl halides is 3. The van der Waals surface area contributed by atoms with Crippen LogP contribution in [0.1, 0.15) is 20.8 Å². The number of rotatable bonds is 11. The number of benzene rings is 1. The molecule has 2 aliphatic heterocycles. The van der Waals surface area contributed by atoms with Crippen molar-refractivity contribution in [3.05, 3.63) is 42.6 Å². The molecule has 0 radical (unpaired) electrons. The summed E-state index contributed by atoms with van der Waals surface area (Å²) in [6.45, 7) is -0.342. The zero-order valence-corrected chi connectivity index (χ0v) is 22.3. The molecule has 4 N–H and O–H groups in total. The lowest BCUT2D eigenvalue weighted by atomic mass is 9.97. The molecule has 11 nitrogen and oxygen atoms in total. The minimum atomic E-state index is -3.85. The van der Waals surface area contributed by atoms with Crippen LogP contribution in [-0.2, 0) is 35.4 Å². The number of aliphatic hydroxyl groups is 2. The van der Waals surface area contributed by atoms with E-state index in [4.69, 9.17) is 30.3 Å². The smallest absolute Gasteiger partial charge is 0.323 e. The first-order valence-electron chi connectivity index (χ1n) is 11.5. The van der Waals surface area contributed by atoms with Gasteiger partial charge in [-0.3, -0.25) is 9.59 Å². The Hall–Kier alpha value is -2.26. The van der Waals surface area contributed by atoms with Crippen molar-refractivity contribution >= 4 is 30.3 Å². The normalized spacial score (nSPS) is 29.7. The van der Waals surface area contributed by atoms with Crippen LogP contribution in [0.5, 0.6) is 5.75 Å². The second-order valence-corrected chi connectivity index (χ2v) is 11.9. The van der Waals surface area contributed by atoms with Gasteiger partial charge in [0.1, 0.15) is 17.9 Å². The highest BCUT2D eigenvalue weighted by Crippen LogP contribution is 2.49. The Labute approximate surface area is 222 Å². The number of hydrogen-bond acceptors (Lipinski definition) is 10. The second-order valence-electron chi connectivity index (χ2n) is 8.81. The van der Waals surface area contributed by atoms with Crippen molar-refractivity contribution in [3.8, 4) is 5.75 Å². The van der Waals surface area contributed by atoms with Gasteiger partial charge >= 0.3 is 12.6 Å². The number of aliphatic hydroxyl groups excluding tert-OH is 2. The van der Waals surface area contributed by atoms with Gasteiger partial charge < -0.3 is 39.0 Å². The molecule has 0 bridgehead atoms. The molecule has 0 saturated carbocycles. The van der Waals surface area contributed by atoms with E-state index in [9.17, 15) is 28.6 Å². The van der Waals surface area contributed by atoms with E-state index in [-0.39, 0.29) is 5.75 Å². The predicted molar refractivity (Wildman–Crippen MR) is 131 cm³/mol. The first-order valence-corrected chi connectivity index (χ1v) is 14.1. The van der Waals surface area contributed by atoms with Gasteiger partial charge in [0.2, 0.25) is 12.3 Å². The van der Waals surface area contributed by atoms with Crippen LogP contribution < -0.4 is 14.9 Å². The van der Waals surface area contributed by atoms with Gasteiger partial charge in [-0.05, 0) is 44.7 Å². The van der Waals surface area contributed by atoms with E-state index in [0.29, 0.717) is 0 Å². The molecule has 212 valence electrons. The molecule has 2 aliphatic rings. The standard InChI is InChI=1S/C22H29F3N3O8PS/c1-12(2)34-19(31)13(3)27-37(38,36-14-7-5-4-6-8-14)33-11-22(20(24)25)17(30)16(23)18(35-22)28-10-9-15(29)26-21(28)32/h4-10,12-13,16-18,20-21,30,32H,11H2,1-3H3,(H,26,29)(H,27,38). The highest BCUT2D eigenvalue weighted by molar-refractivity contribution is 8.09. The number of nitrogens with zero attached hydrogens (tertiary/aromatic N) is 1. The van der Waals surface area contributed by atoms with Crippen LogP contribution in [0.4, 0.5) is 13.2 Å². The summed E-state index contributed by atoms with van der Waals surface area (Å²) >= 11 is 5.48. The van der Waals surface area contributed by atoms with Crippen LogP contribution in [0.2, 0.25) is 0 Å². The molecular weight excluding hydrogens is 554 g/mol. The zero-order chi connectivity index (χ0) is 28.3. The maximum Gasteiger partial charge on any atom is 0.323 e. The summed E-state index contributed by atoms with van der Waals surface area (Å²) in [5, 5.41) is 25.3. The third-order valence-electron chi connectivity index (χ3n) is 5.52. The average molecular weight is 584 g/mol. The Bertz CT molecular complexity index is 1070. The highest BCUT2D eigenvalue weighted by atomic mass is 32.5. The SMILES string of the molecule is CC(C)OC(=O)C(C)NP(=S)(OCC1(C(F)F)OC(N2C=CC(=O)NC2O)C(F)C1O)Oc1ccccc1. The summed E-state index contributed by atoms with van der Waals surface area (Å²) in [4.78, 5) is 24.5. The molecule has 1 aromatic carbocycles. The Morgan fingerprint density at radius 2 is 1.95 bits per heavy atom. The van der Waals surface area contributed by atoms with Gasteiger partial charge in [0, 0.05) is 12.3 Å². The monoisotopic (exact) mass is 583 g/mol. The van der Waals surface area contributed by atoms with Gasteiger partial charge in [-0.2, -0.15) is 0 Å². The fourth-order valence-corrected chi connectivity index (χ4v) is 6.02. The van der Waals surface area contributed by atoms with E-state index in [0.717, 1.165) is 17.2 Å². The van der Waals surface area contributed by atoms with Crippen molar-refractivity contribution in [3.63, 3.8) is 0 Å². The minimum Gasteiger partial charge on any atom is -0.462 e. The topological polar surface area (TPSA) is 139 Å². The maximum absolute atomic E-state index is 15.1. The molecule has 3 rings (SSSR count). The van der Waals surface area contributed by atoms with E-state index in [1.165, 1.54) is 19.1 Å². The molecule has 7 unspecified atom stereocenters. The molecule has 0 spiro atoms. The van der Waals surface area contributed by atoms with Crippen molar-refractivity contribution in [1.29, 1.82) is 0 Å². The first-order chi connectivity index (χ1) is 17.8. The number of carbonyl (C=O) groups is 2. The van der Waals surface area contributed by atoms with E-state index in [1.54, 1.807) is 32.0 Å². The number of halogens is 3. The van der Waals surface area contributed by atoms with Crippen molar-refractivity contribution < 1.29 is 51.5 Å². The second kappa shape index (κ2) is 12.3. The van der Waals surface area contributed by atoms with Crippen molar-refractivity contribution in [2.45, 2.75) is 69.8 Å². The molecule has 1 aromatic rings. The third kappa shape index (κ3) is 6.84. The molecule has 2 heterocycles. The Morgan fingerprint density at radius 3 is 2.53 bits per heavy atom. The molecule has 1 fully saturated rings. The fourth-order valence-electron chi connectivity index (χ4n) is 3.60. The number of hydrogen-bond donors (Lipinski definition) is 4. The Morgan fingerprint density at radius 1 is 1.29 bits per heavy atom. The molecule has 1 amide bonds. The molecule has 0 aromatic heterocycles. The van der Waals surface area contributed by atoms with Crippen LogP contribution >= 0.6 is 6.64 Å². The predicted octanol–water partition coefficient (Wildman–Crippen LogP) is 1.52. The lowest BCUT2D eigenvalue weighted by Crippen LogP contribution is -2.55. The summed E-state index contributed by atoms with van der Waals surface area (Å²) in [7, 11) is 0. The van der Waals surface area contributed by atoms with Gasteiger partial charge in [-0.25, -0.2) is 18.3 Å². The fraction of sp³-hybridized carbons (Fsp3) is 0.545. The first kappa shape index (κ1) is 30.3. The lowest BCUT2D eigenvalue weighted by molar-refractivity contribution is -0.212. The number of carbonyl (C=O) groups excluding carboxylic acids is 2. The number of esters is 1. The largest absolute Gasteiger partial charge is 0.462 e. The molecular formula is C22H29F3N3O8PS. The van der Waals surface area contributed by atoms with Crippen LogP contribution in [0.15, 0.2) is 42.6 Å². The summed E-state index contributed by atoms with van der Waals surface area (Å²) < 4.78 is 65.7. The van der Waals surface area contributed by atoms with E-state index in [1.807, 2.05) is 0 Å². The average Bonchev–Trinajstić information content (AvgIpc) is 3.09. The maximum atomic E-state index is 15.1. The minimum absolute atomic E-state index is 0.185. The van der Waals surface area contributed by atoms with Gasteiger partial charge in [0.15, 0.2) is 18.0 Å². The summed E-state index contributed by atoms with van der Waals surface area (Å²) in [5.41, 5.74) is -2.95. The van der Waals surface area contributed by atoms with Crippen molar-refractivity contribution in [2.75, 3.05) is 6.61 Å². The lowest BCUT2D eigenvalue weighted by Gasteiger charge is -2.36. The highest BCUT2D eigenvalue weighted by Gasteiger charge is 2.63. The quantitative estimate of drug-likeness (QED) is 0.223. The Kier molecular flexibility index (Phi) is 9.79. The van der Waals surface area contributed by atoms with Gasteiger partial charge in [-0.1, -0.05) is 18.2 Å². The number of para-hydroxylation sites is 1. The van der Waals surface area contributed by atoms with Gasteiger partial charge in [0.25, 0.3) is 6.43 Å². The molecule has 16 heteroatoms. The van der Waals surface area contributed by atoms with E-state index in [2.05, 4.69) is 10.4 Å². The van der Waals surface area contributed by atoms with E-state index >= 15 is 4.39 Å².